The van der Waals surface area contributed by atoms with Gasteiger partial charge in [-0.25, -0.2) is 0 Å². The van der Waals surface area contributed by atoms with Crippen molar-refractivity contribution in [3.8, 4) is 17.2 Å². The number of carbonyl (C=O) groups excluding carboxylic acids is 1. The molecule has 1 atom stereocenters. The van der Waals surface area contributed by atoms with Crippen molar-refractivity contribution in [2.24, 2.45) is 0 Å². The second kappa shape index (κ2) is 6.43. The van der Waals surface area contributed by atoms with E-state index in [4.69, 9.17) is 14.2 Å². The fourth-order valence-electron chi connectivity index (χ4n) is 3.20. The molecule has 0 N–H and O–H groups in total. The average Bonchev–Trinajstić information content (AvgIpc) is 2.95. The molecule has 0 saturated heterocycles. The Kier molecular flexibility index (Phi) is 4.34. The van der Waals surface area contributed by atoms with Crippen molar-refractivity contribution < 1.29 is 19.0 Å². The van der Waals surface area contributed by atoms with E-state index >= 15 is 0 Å². The van der Waals surface area contributed by atoms with Crippen LogP contribution in [0.4, 0.5) is 5.69 Å². The SMILES string of the molecule is COc1cc(OC)c(C(=O)N2c3ccccc3C[C@H]2C)cc1OC. The van der Waals surface area contributed by atoms with E-state index in [1.54, 1.807) is 33.5 Å². The number of rotatable bonds is 4. The van der Waals surface area contributed by atoms with Gasteiger partial charge in [-0.3, -0.25) is 4.79 Å². The quantitative estimate of drug-likeness (QED) is 0.864. The minimum Gasteiger partial charge on any atom is -0.496 e. The third-order valence-electron chi connectivity index (χ3n) is 4.36. The molecule has 1 aliphatic rings. The molecule has 0 unspecified atom stereocenters. The van der Waals surface area contributed by atoms with Gasteiger partial charge in [0, 0.05) is 23.9 Å². The molecule has 0 fully saturated rings. The van der Waals surface area contributed by atoms with Crippen LogP contribution in [0.1, 0.15) is 22.8 Å². The molecule has 0 saturated carbocycles. The van der Waals surface area contributed by atoms with Crippen LogP contribution in [-0.4, -0.2) is 33.3 Å². The van der Waals surface area contributed by atoms with E-state index in [0.29, 0.717) is 22.8 Å². The molecule has 126 valence electrons. The van der Waals surface area contributed by atoms with E-state index in [1.807, 2.05) is 30.0 Å². The molecule has 1 amide bonds. The van der Waals surface area contributed by atoms with Gasteiger partial charge in [0.2, 0.25) is 0 Å². The Morgan fingerprint density at radius 1 is 1.00 bits per heavy atom. The first-order valence-electron chi connectivity index (χ1n) is 7.82. The highest BCUT2D eigenvalue weighted by atomic mass is 16.5. The molecule has 0 aromatic heterocycles. The largest absolute Gasteiger partial charge is 0.496 e. The van der Waals surface area contributed by atoms with Crippen LogP contribution >= 0.6 is 0 Å². The smallest absolute Gasteiger partial charge is 0.262 e. The number of fused-ring (bicyclic) bond motifs is 1. The predicted octanol–water partition coefficient (Wildman–Crippen LogP) is 3.30. The van der Waals surface area contributed by atoms with Crippen LogP contribution in [0, 0.1) is 0 Å². The summed E-state index contributed by atoms with van der Waals surface area (Å²) in [4.78, 5) is 15.0. The third kappa shape index (κ3) is 2.56. The summed E-state index contributed by atoms with van der Waals surface area (Å²) in [5, 5.41) is 0. The van der Waals surface area contributed by atoms with Crippen LogP contribution in [0.15, 0.2) is 36.4 Å². The zero-order valence-corrected chi connectivity index (χ0v) is 14.3. The van der Waals surface area contributed by atoms with Gasteiger partial charge in [0.1, 0.15) is 5.75 Å². The van der Waals surface area contributed by atoms with Crippen LogP contribution in [0.2, 0.25) is 0 Å². The van der Waals surface area contributed by atoms with E-state index in [1.165, 1.54) is 5.56 Å². The molecule has 24 heavy (non-hydrogen) atoms. The molecule has 1 aliphatic heterocycles. The number of nitrogens with zero attached hydrogens (tertiary/aromatic N) is 1. The molecule has 0 bridgehead atoms. The Hall–Kier alpha value is -2.69. The lowest BCUT2D eigenvalue weighted by molar-refractivity contribution is 0.0978. The highest BCUT2D eigenvalue weighted by molar-refractivity contribution is 6.09. The summed E-state index contributed by atoms with van der Waals surface area (Å²) in [6, 6.07) is 11.4. The maximum atomic E-state index is 13.2. The van der Waals surface area contributed by atoms with Crippen molar-refractivity contribution in [2.45, 2.75) is 19.4 Å². The number of methoxy groups -OCH3 is 3. The van der Waals surface area contributed by atoms with Gasteiger partial charge in [0.05, 0.1) is 26.9 Å². The van der Waals surface area contributed by atoms with Gasteiger partial charge in [-0.05, 0) is 25.0 Å². The Balaban J connectivity index is 2.07. The van der Waals surface area contributed by atoms with Gasteiger partial charge in [-0.2, -0.15) is 0 Å². The first kappa shape index (κ1) is 16.2. The van der Waals surface area contributed by atoms with Crippen LogP contribution < -0.4 is 19.1 Å². The van der Waals surface area contributed by atoms with Crippen LogP contribution in [0.3, 0.4) is 0 Å². The van der Waals surface area contributed by atoms with Crippen LogP contribution in [0.5, 0.6) is 17.2 Å². The summed E-state index contributed by atoms with van der Waals surface area (Å²) in [5.74, 6) is 1.39. The lowest BCUT2D eigenvalue weighted by Crippen LogP contribution is -2.36. The highest BCUT2D eigenvalue weighted by Crippen LogP contribution is 2.38. The fourth-order valence-corrected chi connectivity index (χ4v) is 3.20. The van der Waals surface area contributed by atoms with Crippen molar-refractivity contribution in [3.05, 3.63) is 47.5 Å². The number of hydrogen-bond acceptors (Lipinski definition) is 4. The van der Waals surface area contributed by atoms with Crippen molar-refractivity contribution in [2.75, 3.05) is 26.2 Å². The maximum absolute atomic E-state index is 13.2. The van der Waals surface area contributed by atoms with Gasteiger partial charge >= 0.3 is 0 Å². The molecule has 0 radical (unpaired) electrons. The zero-order chi connectivity index (χ0) is 17.3. The number of ether oxygens (including phenoxy) is 3. The van der Waals surface area contributed by atoms with Crippen molar-refractivity contribution in [3.63, 3.8) is 0 Å². The summed E-state index contributed by atoms with van der Waals surface area (Å²) >= 11 is 0. The second-order valence-corrected chi connectivity index (χ2v) is 5.76. The second-order valence-electron chi connectivity index (χ2n) is 5.76. The van der Waals surface area contributed by atoms with Crippen molar-refractivity contribution in [1.82, 2.24) is 0 Å². The summed E-state index contributed by atoms with van der Waals surface area (Å²) in [6.45, 7) is 2.05. The molecule has 5 heteroatoms. The van der Waals surface area contributed by atoms with E-state index < -0.39 is 0 Å². The summed E-state index contributed by atoms with van der Waals surface area (Å²) < 4.78 is 16.0. The van der Waals surface area contributed by atoms with E-state index in [-0.39, 0.29) is 11.9 Å². The minimum atomic E-state index is -0.106. The van der Waals surface area contributed by atoms with E-state index in [0.717, 1.165) is 12.1 Å². The molecular formula is C19H21NO4. The summed E-state index contributed by atoms with van der Waals surface area (Å²) in [5.41, 5.74) is 2.59. The van der Waals surface area contributed by atoms with Crippen LogP contribution in [-0.2, 0) is 6.42 Å². The van der Waals surface area contributed by atoms with Gasteiger partial charge < -0.3 is 19.1 Å². The monoisotopic (exact) mass is 327 g/mol. The molecule has 0 spiro atoms. The topological polar surface area (TPSA) is 48.0 Å². The lowest BCUT2D eigenvalue weighted by Gasteiger charge is -2.24. The standard InChI is InChI=1S/C19H21NO4/c1-12-9-13-7-5-6-8-15(13)20(12)19(21)14-10-17(23-3)18(24-4)11-16(14)22-2/h5-8,10-12H,9H2,1-4H3/t12-/m1/s1. The third-order valence-corrected chi connectivity index (χ3v) is 4.36. The average molecular weight is 327 g/mol. The first-order valence-corrected chi connectivity index (χ1v) is 7.82. The molecule has 2 aromatic rings. The number of carbonyl (C=O) groups is 1. The Labute approximate surface area is 141 Å². The molecular weight excluding hydrogens is 306 g/mol. The predicted molar refractivity (Wildman–Crippen MR) is 92.5 cm³/mol. The Morgan fingerprint density at radius 2 is 1.62 bits per heavy atom. The molecule has 5 nitrogen and oxygen atoms in total. The van der Waals surface area contributed by atoms with E-state index in [9.17, 15) is 4.79 Å². The molecule has 1 heterocycles. The highest BCUT2D eigenvalue weighted by Gasteiger charge is 2.33. The number of anilines is 1. The minimum absolute atomic E-state index is 0.0905. The van der Waals surface area contributed by atoms with Crippen LogP contribution in [0.25, 0.3) is 0 Å². The maximum Gasteiger partial charge on any atom is 0.262 e. The lowest BCUT2D eigenvalue weighted by atomic mass is 10.1. The van der Waals surface area contributed by atoms with Crippen molar-refractivity contribution in [1.29, 1.82) is 0 Å². The van der Waals surface area contributed by atoms with Crippen molar-refractivity contribution >= 4 is 11.6 Å². The number of benzene rings is 2. The number of hydrogen-bond donors (Lipinski definition) is 0. The van der Waals surface area contributed by atoms with Gasteiger partial charge in [0.15, 0.2) is 11.5 Å². The van der Waals surface area contributed by atoms with Gasteiger partial charge in [-0.1, -0.05) is 18.2 Å². The van der Waals surface area contributed by atoms with E-state index in [2.05, 4.69) is 6.07 Å². The number of para-hydroxylation sites is 1. The van der Waals surface area contributed by atoms with Gasteiger partial charge in [0.25, 0.3) is 5.91 Å². The first-order chi connectivity index (χ1) is 11.6. The summed E-state index contributed by atoms with van der Waals surface area (Å²) in [7, 11) is 4.64. The summed E-state index contributed by atoms with van der Waals surface area (Å²) in [6.07, 6.45) is 0.845. The fraction of sp³-hybridized carbons (Fsp3) is 0.316. The van der Waals surface area contributed by atoms with Gasteiger partial charge in [-0.15, -0.1) is 0 Å². The Bertz CT molecular complexity index is 772. The molecule has 3 rings (SSSR count). The Morgan fingerprint density at radius 3 is 2.29 bits per heavy atom. The molecule has 0 aliphatic carbocycles. The normalized spacial score (nSPS) is 15.8. The molecule has 2 aromatic carbocycles. The zero-order valence-electron chi connectivity index (χ0n) is 14.3. The number of amides is 1.